The third-order valence-electron chi connectivity index (χ3n) is 6.82. The van der Waals surface area contributed by atoms with Gasteiger partial charge in [0, 0.05) is 29.5 Å². The number of primary amides is 1. The summed E-state index contributed by atoms with van der Waals surface area (Å²) in [6.07, 6.45) is -2.94. The normalized spacial score (nSPS) is 17.2. The molecule has 3 aromatic carbocycles. The summed E-state index contributed by atoms with van der Waals surface area (Å²) in [4.78, 5) is 12.3. The minimum absolute atomic E-state index is 0.437. The number of amides is 1. The first kappa shape index (κ1) is 23.7. The maximum Gasteiger partial charge on any atom is 0.416 e. The molecule has 1 amide bonds. The van der Waals surface area contributed by atoms with Crippen LogP contribution in [-0.4, -0.2) is 39.6 Å². The quantitative estimate of drug-likeness (QED) is 0.376. The highest BCUT2D eigenvalue weighted by molar-refractivity contribution is 5.99. The van der Waals surface area contributed by atoms with Gasteiger partial charge in [-0.2, -0.15) is 18.4 Å². The number of nitrogens with one attached hydrogen (secondary N) is 1. The summed E-state index contributed by atoms with van der Waals surface area (Å²) >= 11 is 0. The Kier molecular flexibility index (Phi) is 6.05. The summed E-state index contributed by atoms with van der Waals surface area (Å²) in [6.45, 7) is 1.83. The van der Waals surface area contributed by atoms with Gasteiger partial charge in [0.05, 0.1) is 18.7 Å². The van der Waals surface area contributed by atoms with Crippen molar-refractivity contribution in [3.8, 4) is 11.4 Å². The van der Waals surface area contributed by atoms with E-state index in [2.05, 4.69) is 20.6 Å². The molecule has 1 aliphatic heterocycles. The molecule has 0 bridgehead atoms. The lowest BCUT2D eigenvalue weighted by atomic mass is 10.0. The van der Waals surface area contributed by atoms with Crippen LogP contribution < -0.4 is 10.2 Å². The number of alkyl halides is 3. The molecule has 0 aliphatic carbocycles. The number of carbonyl (C=O) groups excluding carboxylic acids is 1. The van der Waals surface area contributed by atoms with Gasteiger partial charge in [-0.1, -0.05) is 48.5 Å². The van der Waals surface area contributed by atoms with Crippen molar-refractivity contribution in [1.29, 1.82) is 0 Å². The molecule has 184 valence electrons. The molecule has 0 saturated carbocycles. The first-order chi connectivity index (χ1) is 17.2. The van der Waals surface area contributed by atoms with Gasteiger partial charge in [-0.15, -0.1) is 10.2 Å². The largest absolute Gasteiger partial charge is 0.416 e. The zero-order chi connectivity index (χ0) is 25.3. The Morgan fingerprint density at radius 3 is 2.36 bits per heavy atom. The molecule has 0 saturated heterocycles. The Balaban J connectivity index is 1.47. The monoisotopic (exact) mass is 493 g/mol. The Labute approximate surface area is 205 Å². The third kappa shape index (κ3) is 4.59. The number of carbonyl (C=O) groups is 1. The van der Waals surface area contributed by atoms with Crippen molar-refractivity contribution in [3.05, 3.63) is 94.5 Å². The fraction of sp³-hybridized carbons (Fsp3) is 0.231. The van der Waals surface area contributed by atoms with E-state index >= 15 is 0 Å². The van der Waals surface area contributed by atoms with Crippen molar-refractivity contribution in [3.63, 3.8) is 0 Å². The lowest BCUT2D eigenvalue weighted by Gasteiger charge is -2.36. The number of nitrogens with two attached hydrogens (primary N) is 1. The van der Waals surface area contributed by atoms with Gasteiger partial charge in [-0.3, -0.25) is 9.28 Å². The molecular formula is C26H24F3N6O+. The van der Waals surface area contributed by atoms with Crippen molar-refractivity contribution < 1.29 is 18.0 Å². The van der Waals surface area contributed by atoms with E-state index in [-0.39, 0.29) is 0 Å². The van der Waals surface area contributed by atoms with Crippen LogP contribution in [0.4, 0.5) is 18.9 Å². The number of halogens is 3. The molecule has 1 aliphatic rings. The number of tetrazole rings is 1. The van der Waals surface area contributed by atoms with E-state index in [1.54, 1.807) is 6.07 Å². The van der Waals surface area contributed by atoms with Crippen LogP contribution in [0.2, 0.25) is 0 Å². The molecule has 1 aromatic heterocycles. The van der Waals surface area contributed by atoms with Crippen molar-refractivity contribution >= 4 is 11.6 Å². The van der Waals surface area contributed by atoms with E-state index in [0.29, 0.717) is 35.4 Å². The van der Waals surface area contributed by atoms with Gasteiger partial charge in [0.15, 0.2) is 0 Å². The van der Waals surface area contributed by atoms with Gasteiger partial charge in [0.1, 0.15) is 17.8 Å². The van der Waals surface area contributed by atoms with Gasteiger partial charge in [0.2, 0.25) is 5.82 Å². The molecule has 10 heteroatoms. The Bertz CT molecular complexity index is 1370. The molecule has 1 unspecified atom stereocenters. The number of hydrogen-bond acceptors (Lipinski definition) is 4. The Morgan fingerprint density at radius 2 is 1.72 bits per heavy atom. The molecule has 3 N–H and O–H groups in total. The number of para-hydroxylation sites is 1. The van der Waals surface area contributed by atoms with Crippen LogP contribution in [0.3, 0.4) is 0 Å². The van der Waals surface area contributed by atoms with Crippen molar-refractivity contribution in [1.82, 2.24) is 25.1 Å². The van der Waals surface area contributed by atoms with Crippen molar-refractivity contribution in [2.75, 3.05) is 13.1 Å². The molecular weight excluding hydrogens is 469 g/mol. The third-order valence-corrected chi connectivity index (χ3v) is 6.82. The first-order valence-corrected chi connectivity index (χ1v) is 11.5. The summed E-state index contributed by atoms with van der Waals surface area (Å²) in [5.41, 5.74) is 10.1. The molecule has 0 spiro atoms. The fourth-order valence-electron chi connectivity index (χ4n) is 5.06. The molecule has 0 radical (unpaired) electrons. The number of rotatable bonds is 7. The second-order valence-electron chi connectivity index (χ2n) is 9.06. The second kappa shape index (κ2) is 9.19. The average Bonchev–Trinajstić information content (AvgIpc) is 3.52. The average molecular weight is 494 g/mol. The Hall–Kier alpha value is -4.05. The number of hydrogen-bond donors (Lipinski definition) is 2. The molecule has 4 aromatic rings. The first-order valence-electron chi connectivity index (χ1n) is 11.5. The van der Waals surface area contributed by atoms with E-state index in [0.717, 1.165) is 53.0 Å². The Morgan fingerprint density at radius 1 is 1.00 bits per heavy atom. The van der Waals surface area contributed by atoms with Crippen LogP contribution in [-0.2, 0) is 25.6 Å². The zero-order valence-electron chi connectivity index (χ0n) is 19.3. The smallest absolute Gasteiger partial charge is 0.365 e. The van der Waals surface area contributed by atoms with Crippen LogP contribution in [0, 0.1) is 0 Å². The van der Waals surface area contributed by atoms with Crippen molar-refractivity contribution in [2.24, 2.45) is 5.73 Å². The SMILES string of the molecule is NC(=O)c1cccc2c1[N+](CCc1ccc(-c3nn[nH]n3)cc1)(Cc1ccc(C(F)(F)F)cc1)CC2. The molecule has 36 heavy (non-hydrogen) atoms. The summed E-state index contributed by atoms with van der Waals surface area (Å²) in [6, 6.07) is 18.7. The van der Waals surface area contributed by atoms with E-state index < -0.39 is 17.6 Å². The molecule has 5 rings (SSSR count). The summed E-state index contributed by atoms with van der Waals surface area (Å²) in [7, 11) is 0. The lowest BCUT2D eigenvalue weighted by molar-refractivity contribution is -0.137. The number of aromatic amines is 1. The summed E-state index contributed by atoms with van der Waals surface area (Å²) in [5.74, 6) is 0.0000554. The summed E-state index contributed by atoms with van der Waals surface area (Å²) in [5, 5.41) is 14.0. The van der Waals surface area contributed by atoms with Gasteiger partial charge < -0.3 is 5.73 Å². The number of H-pyrrole nitrogens is 1. The topological polar surface area (TPSA) is 97.5 Å². The number of benzene rings is 3. The van der Waals surface area contributed by atoms with Crippen LogP contribution in [0.1, 0.15) is 32.6 Å². The van der Waals surface area contributed by atoms with Gasteiger partial charge in [-0.05, 0) is 29.0 Å². The van der Waals surface area contributed by atoms with E-state index in [9.17, 15) is 18.0 Å². The number of aromatic nitrogens is 4. The number of nitrogens with zero attached hydrogens (tertiary/aromatic N) is 4. The number of fused-ring (bicyclic) bond motifs is 1. The standard InChI is InChI=1S/C26H23F3N6O/c27-26(28,29)21-10-6-18(7-11-21)16-35(15-13-19-2-1-3-22(23(19)35)24(30)36)14-12-17-4-8-20(9-5-17)25-31-33-34-32-25/h1-11H,12-16H2,(H2-,30,31,32,33,34,36)/p+1. The maximum atomic E-state index is 13.1. The van der Waals surface area contributed by atoms with Crippen LogP contribution in [0.15, 0.2) is 66.7 Å². The van der Waals surface area contributed by atoms with Gasteiger partial charge in [0.25, 0.3) is 5.91 Å². The van der Waals surface area contributed by atoms with E-state index in [1.807, 2.05) is 36.4 Å². The molecule has 1 atom stereocenters. The zero-order valence-corrected chi connectivity index (χ0v) is 19.3. The highest BCUT2D eigenvalue weighted by atomic mass is 19.4. The highest BCUT2D eigenvalue weighted by Gasteiger charge is 2.41. The minimum Gasteiger partial charge on any atom is -0.365 e. The molecule has 2 heterocycles. The summed E-state index contributed by atoms with van der Waals surface area (Å²) < 4.78 is 39.7. The molecule has 7 nitrogen and oxygen atoms in total. The van der Waals surface area contributed by atoms with Crippen molar-refractivity contribution in [2.45, 2.75) is 25.6 Å². The van der Waals surface area contributed by atoms with Crippen LogP contribution in [0.5, 0.6) is 0 Å². The van der Waals surface area contributed by atoms with Crippen LogP contribution in [0.25, 0.3) is 11.4 Å². The predicted molar refractivity (Wildman–Crippen MR) is 129 cm³/mol. The van der Waals surface area contributed by atoms with Crippen LogP contribution >= 0.6 is 0 Å². The van der Waals surface area contributed by atoms with Gasteiger partial charge in [-0.25, -0.2) is 0 Å². The predicted octanol–water partition coefficient (Wildman–Crippen LogP) is 4.29. The van der Waals surface area contributed by atoms with E-state index in [1.165, 1.54) is 12.1 Å². The maximum absolute atomic E-state index is 13.1. The number of quaternary nitrogens is 1. The molecule has 0 fully saturated rings. The van der Waals surface area contributed by atoms with E-state index in [4.69, 9.17) is 5.73 Å². The fourth-order valence-corrected chi connectivity index (χ4v) is 5.06. The second-order valence-corrected chi connectivity index (χ2v) is 9.06. The lowest BCUT2D eigenvalue weighted by Crippen LogP contribution is -2.49. The minimum atomic E-state index is -4.39. The van der Waals surface area contributed by atoms with Gasteiger partial charge >= 0.3 is 6.18 Å². The highest BCUT2D eigenvalue weighted by Crippen LogP contribution is 2.40.